The number of amides is 2. The number of benzene rings is 1. The molecule has 1 aliphatic heterocycles. The highest BCUT2D eigenvalue weighted by atomic mass is 32.2. The summed E-state index contributed by atoms with van der Waals surface area (Å²) >= 11 is 1.84. The number of likely N-dealkylation sites (tertiary alicyclic amines) is 1. The summed E-state index contributed by atoms with van der Waals surface area (Å²) in [6, 6.07) is 8.35. The molecule has 1 saturated heterocycles. The van der Waals surface area contributed by atoms with Gasteiger partial charge >= 0.3 is 6.03 Å². The van der Waals surface area contributed by atoms with Crippen LogP contribution in [0.15, 0.2) is 29.2 Å². The van der Waals surface area contributed by atoms with Crippen molar-refractivity contribution in [2.75, 3.05) is 19.7 Å². The van der Waals surface area contributed by atoms with Gasteiger partial charge in [-0.15, -0.1) is 11.8 Å². The van der Waals surface area contributed by atoms with Crippen LogP contribution >= 0.6 is 11.8 Å². The Morgan fingerprint density at radius 3 is 2.65 bits per heavy atom. The second-order valence-corrected chi connectivity index (χ2v) is 8.19. The molecule has 1 fully saturated rings. The van der Waals surface area contributed by atoms with E-state index < -0.39 is 0 Å². The van der Waals surface area contributed by atoms with Gasteiger partial charge in [0.1, 0.15) is 0 Å². The quantitative estimate of drug-likeness (QED) is 0.807. The number of nitrogens with one attached hydrogen (secondary N) is 1. The fourth-order valence-electron chi connectivity index (χ4n) is 2.87. The normalized spacial score (nSPS) is 19.7. The highest BCUT2D eigenvalue weighted by molar-refractivity contribution is 7.99. The molecule has 0 aromatic heterocycles. The third-order valence-electron chi connectivity index (χ3n) is 4.16. The first-order chi connectivity index (χ1) is 11.0. The first-order valence-electron chi connectivity index (χ1n) is 8.42. The van der Waals surface area contributed by atoms with Gasteiger partial charge in [0.15, 0.2) is 0 Å². The summed E-state index contributed by atoms with van der Waals surface area (Å²) in [6.07, 6.45) is 1.97. The zero-order valence-corrected chi connectivity index (χ0v) is 15.1. The highest BCUT2D eigenvalue weighted by Crippen LogP contribution is 2.24. The molecule has 128 valence electrons. The van der Waals surface area contributed by atoms with Gasteiger partial charge in [-0.2, -0.15) is 0 Å². The van der Waals surface area contributed by atoms with E-state index >= 15 is 0 Å². The van der Waals surface area contributed by atoms with Crippen molar-refractivity contribution in [2.24, 2.45) is 5.92 Å². The smallest absolute Gasteiger partial charge is 0.317 e. The van der Waals surface area contributed by atoms with Gasteiger partial charge in [-0.3, -0.25) is 0 Å². The van der Waals surface area contributed by atoms with E-state index in [4.69, 9.17) is 0 Å². The molecule has 1 aromatic carbocycles. The van der Waals surface area contributed by atoms with Crippen LogP contribution in [-0.4, -0.2) is 41.0 Å². The number of rotatable bonds is 5. The molecule has 1 aromatic rings. The summed E-state index contributed by atoms with van der Waals surface area (Å²) in [4.78, 5) is 15.5. The molecule has 0 bridgehead atoms. The molecule has 1 heterocycles. The molecule has 23 heavy (non-hydrogen) atoms. The van der Waals surface area contributed by atoms with Gasteiger partial charge < -0.3 is 15.3 Å². The van der Waals surface area contributed by atoms with E-state index in [1.807, 2.05) is 23.6 Å². The number of carbonyl (C=O) groups excluding carboxylic acids is 1. The Morgan fingerprint density at radius 2 is 2.04 bits per heavy atom. The van der Waals surface area contributed by atoms with Crippen molar-refractivity contribution in [3.63, 3.8) is 0 Å². The Bertz CT molecular complexity index is 504. The predicted molar refractivity (Wildman–Crippen MR) is 95.8 cm³/mol. The fraction of sp³-hybridized carbons (Fsp3) is 0.611. The maximum absolute atomic E-state index is 12.4. The molecular formula is C18H28N2O2S. The summed E-state index contributed by atoms with van der Waals surface area (Å²) in [5, 5.41) is 12.9. The minimum atomic E-state index is -0.0312. The monoisotopic (exact) mass is 336 g/mol. The van der Waals surface area contributed by atoms with Gasteiger partial charge in [-0.05, 0) is 43.4 Å². The largest absolute Gasteiger partial charge is 0.396 e. The molecule has 4 nitrogen and oxygen atoms in total. The van der Waals surface area contributed by atoms with Gasteiger partial charge in [-0.1, -0.05) is 26.0 Å². The lowest BCUT2D eigenvalue weighted by Crippen LogP contribution is -2.46. The zero-order chi connectivity index (χ0) is 16.8. The average Bonchev–Trinajstić information content (AvgIpc) is 2.55. The third kappa shape index (κ3) is 5.43. The van der Waals surface area contributed by atoms with Crippen molar-refractivity contribution >= 4 is 17.8 Å². The standard InChI is InChI=1S/C18H28N2O2S/c1-13(2)23-17-8-6-16(7-9-17)14(3)19-18(22)20-10-4-5-15(11-20)12-21/h6-9,13-15,21H,4-5,10-12H2,1-3H3,(H,19,22). The molecule has 0 aliphatic carbocycles. The molecule has 1 aliphatic rings. The van der Waals surface area contributed by atoms with Crippen LogP contribution in [0, 0.1) is 5.92 Å². The van der Waals surface area contributed by atoms with E-state index in [0.717, 1.165) is 24.9 Å². The van der Waals surface area contributed by atoms with Crippen LogP contribution in [0.1, 0.15) is 45.2 Å². The SMILES string of the molecule is CC(C)Sc1ccc(C(C)NC(=O)N2CCCC(CO)C2)cc1. The highest BCUT2D eigenvalue weighted by Gasteiger charge is 2.24. The Labute approximate surface area is 143 Å². The van der Waals surface area contributed by atoms with E-state index in [1.165, 1.54) is 4.90 Å². The summed E-state index contributed by atoms with van der Waals surface area (Å²) in [7, 11) is 0. The Hall–Kier alpha value is -1.20. The lowest BCUT2D eigenvalue weighted by molar-refractivity contribution is 0.128. The van der Waals surface area contributed by atoms with Crippen LogP contribution in [0.4, 0.5) is 4.79 Å². The average molecular weight is 337 g/mol. The van der Waals surface area contributed by atoms with E-state index in [1.54, 1.807) is 0 Å². The number of urea groups is 1. The Morgan fingerprint density at radius 1 is 1.35 bits per heavy atom. The van der Waals surface area contributed by atoms with E-state index in [9.17, 15) is 9.90 Å². The molecule has 5 heteroatoms. The summed E-state index contributed by atoms with van der Waals surface area (Å²) in [5.41, 5.74) is 1.11. The number of piperidine rings is 1. The van der Waals surface area contributed by atoms with Gasteiger partial charge in [0.2, 0.25) is 0 Å². The van der Waals surface area contributed by atoms with Crippen molar-refractivity contribution in [2.45, 2.75) is 49.8 Å². The number of aliphatic hydroxyl groups is 1. The van der Waals surface area contributed by atoms with Gasteiger partial charge in [0, 0.05) is 29.8 Å². The molecule has 0 radical (unpaired) electrons. The van der Waals surface area contributed by atoms with Crippen molar-refractivity contribution < 1.29 is 9.90 Å². The number of thioether (sulfide) groups is 1. The molecule has 2 atom stereocenters. The topological polar surface area (TPSA) is 52.6 Å². The van der Waals surface area contributed by atoms with Gasteiger partial charge in [-0.25, -0.2) is 4.79 Å². The Kier molecular flexibility index (Phi) is 6.78. The molecule has 0 saturated carbocycles. The van der Waals surface area contributed by atoms with Crippen LogP contribution in [-0.2, 0) is 0 Å². The lowest BCUT2D eigenvalue weighted by Gasteiger charge is -2.32. The number of hydrogen-bond acceptors (Lipinski definition) is 3. The molecular weight excluding hydrogens is 308 g/mol. The van der Waals surface area contributed by atoms with Crippen LogP contribution in [0.25, 0.3) is 0 Å². The summed E-state index contributed by atoms with van der Waals surface area (Å²) < 4.78 is 0. The lowest BCUT2D eigenvalue weighted by atomic mass is 9.99. The Balaban J connectivity index is 1.90. The van der Waals surface area contributed by atoms with Crippen LogP contribution in [0.2, 0.25) is 0 Å². The minimum Gasteiger partial charge on any atom is -0.396 e. The number of aliphatic hydroxyl groups excluding tert-OH is 1. The number of nitrogens with zero attached hydrogens (tertiary/aromatic N) is 1. The maximum atomic E-state index is 12.4. The first-order valence-corrected chi connectivity index (χ1v) is 9.30. The van der Waals surface area contributed by atoms with Gasteiger partial charge in [0.05, 0.1) is 6.04 Å². The van der Waals surface area contributed by atoms with Crippen LogP contribution in [0.5, 0.6) is 0 Å². The van der Waals surface area contributed by atoms with Crippen molar-refractivity contribution in [3.8, 4) is 0 Å². The zero-order valence-electron chi connectivity index (χ0n) is 14.3. The molecule has 0 spiro atoms. The van der Waals surface area contributed by atoms with Crippen molar-refractivity contribution in [1.82, 2.24) is 10.2 Å². The van der Waals surface area contributed by atoms with Crippen molar-refractivity contribution in [1.29, 1.82) is 0 Å². The summed E-state index contributed by atoms with van der Waals surface area (Å²) in [5.74, 6) is 0.220. The second kappa shape index (κ2) is 8.60. The van der Waals surface area contributed by atoms with Gasteiger partial charge in [0.25, 0.3) is 0 Å². The summed E-state index contributed by atoms with van der Waals surface area (Å²) in [6.45, 7) is 7.96. The molecule has 2 unspecified atom stereocenters. The maximum Gasteiger partial charge on any atom is 0.317 e. The number of carbonyl (C=O) groups is 1. The van der Waals surface area contributed by atoms with Crippen LogP contribution in [0.3, 0.4) is 0 Å². The van der Waals surface area contributed by atoms with Crippen LogP contribution < -0.4 is 5.32 Å². The second-order valence-electron chi connectivity index (χ2n) is 6.54. The van der Waals surface area contributed by atoms with E-state index in [-0.39, 0.29) is 24.6 Å². The predicted octanol–water partition coefficient (Wildman–Crippen LogP) is 3.66. The van der Waals surface area contributed by atoms with E-state index in [2.05, 4.69) is 43.4 Å². The van der Waals surface area contributed by atoms with E-state index in [0.29, 0.717) is 11.8 Å². The first kappa shape index (κ1) is 18.1. The molecule has 2 amide bonds. The fourth-order valence-corrected chi connectivity index (χ4v) is 3.70. The molecule has 2 N–H and O–H groups in total. The minimum absolute atomic E-state index is 0.0184. The number of hydrogen-bond donors (Lipinski definition) is 2. The molecule has 2 rings (SSSR count). The third-order valence-corrected chi connectivity index (χ3v) is 5.17. The van der Waals surface area contributed by atoms with Crippen molar-refractivity contribution in [3.05, 3.63) is 29.8 Å².